The molecule has 0 aliphatic rings. The maximum absolute atomic E-state index is 5.42. The number of aromatic nitrogens is 1. The third-order valence-electron chi connectivity index (χ3n) is 1.71. The monoisotopic (exact) mass is 222 g/mol. The van der Waals surface area contributed by atoms with Crippen LogP contribution in [0.1, 0.15) is 5.76 Å². The standard InChI is InChI=1S/C9H10N4OS/c1-5-2-3-7(14-5)6-4-15-9(12-6)13-8(10)11/h2-4H,1H3,(H4,10,11,12,13). The van der Waals surface area contributed by atoms with Crippen LogP contribution in [0.15, 0.2) is 26.9 Å². The average Bonchev–Trinajstić information content (AvgIpc) is 2.72. The van der Waals surface area contributed by atoms with Gasteiger partial charge < -0.3 is 15.9 Å². The third-order valence-corrected chi connectivity index (χ3v) is 2.44. The fourth-order valence-electron chi connectivity index (χ4n) is 1.11. The predicted molar refractivity (Wildman–Crippen MR) is 60.0 cm³/mol. The number of nitrogens with zero attached hydrogens (tertiary/aromatic N) is 2. The van der Waals surface area contributed by atoms with Crippen molar-refractivity contribution in [3.8, 4) is 11.5 Å². The van der Waals surface area contributed by atoms with Crippen LogP contribution in [-0.4, -0.2) is 10.9 Å². The van der Waals surface area contributed by atoms with E-state index in [-0.39, 0.29) is 5.96 Å². The summed E-state index contributed by atoms with van der Waals surface area (Å²) in [6, 6.07) is 3.75. The van der Waals surface area contributed by atoms with E-state index in [1.807, 2.05) is 24.4 Å². The van der Waals surface area contributed by atoms with Crippen molar-refractivity contribution in [3.63, 3.8) is 0 Å². The molecule has 0 fully saturated rings. The highest BCUT2D eigenvalue weighted by atomic mass is 32.1. The van der Waals surface area contributed by atoms with Gasteiger partial charge in [-0.2, -0.15) is 4.99 Å². The molecule has 0 bridgehead atoms. The Morgan fingerprint density at radius 2 is 2.27 bits per heavy atom. The smallest absolute Gasteiger partial charge is 0.212 e. The molecule has 0 atom stereocenters. The topological polar surface area (TPSA) is 90.4 Å². The number of guanidine groups is 1. The molecule has 0 saturated heterocycles. The molecule has 2 rings (SSSR count). The van der Waals surface area contributed by atoms with E-state index in [2.05, 4.69) is 9.98 Å². The molecule has 0 aliphatic carbocycles. The van der Waals surface area contributed by atoms with Gasteiger partial charge in [0.2, 0.25) is 5.13 Å². The number of aryl methyl sites for hydroxylation is 1. The van der Waals surface area contributed by atoms with Gasteiger partial charge >= 0.3 is 0 Å². The second kappa shape index (κ2) is 3.74. The highest BCUT2D eigenvalue weighted by Crippen LogP contribution is 2.27. The van der Waals surface area contributed by atoms with E-state index in [1.165, 1.54) is 11.3 Å². The summed E-state index contributed by atoms with van der Waals surface area (Å²) in [6.45, 7) is 1.88. The Balaban J connectivity index is 2.31. The van der Waals surface area contributed by atoms with Gasteiger partial charge in [0.1, 0.15) is 11.5 Å². The Bertz CT molecular complexity index is 496. The average molecular weight is 222 g/mol. The Labute approximate surface area is 90.4 Å². The van der Waals surface area contributed by atoms with E-state index < -0.39 is 0 Å². The van der Waals surface area contributed by atoms with Crippen LogP contribution in [-0.2, 0) is 0 Å². The fourth-order valence-corrected chi connectivity index (χ4v) is 1.81. The van der Waals surface area contributed by atoms with E-state index in [4.69, 9.17) is 15.9 Å². The highest BCUT2D eigenvalue weighted by Gasteiger charge is 2.07. The molecular weight excluding hydrogens is 212 g/mol. The van der Waals surface area contributed by atoms with Crippen molar-refractivity contribution in [1.82, 2.24) is 4.98 Å². The largest absolute Gasteiger partial charge is 0.460 e. The first-order valence-electron chi connectivity index (χ1n) is 4.27. The van der Waals surface area contributed by atoms with Crippen molar-refractivity contribution in [2.75, 3.05) is 0 Å². The van der Waals surface area contributed by atoms with Crippen molar-refractivity contribution in [2.24, 2.45) is 16.5 Å². The summed E-state index contributed by atoms with van der Waals surface area (Å²) in [6.07, 6.45) is 0. The lowest BCUT2D eigenvalue weighted by atomic mass is 10.4. The van der Waals surface area contributed by atoms with E-state index in [1.54, 1.807) is 0 Å². The van der Waals surface area contributed by atoms with Gasteiger partial charge in [-0.3, -0.25) is 0 Å². The molecule has 2 heterocycles. The van der Waals surface area contributed by atoms with Gasteiger partial charge in [-0.25, -0.2) is 4.98 Å². The van der Waals surface area contributed by atoms with Crippen LogP contribution in [0.25, 0.3) is 11.5 Å². The van der Waals surface area contributed by atoms with Gasteiger partial charge in [0.25, 0.3) is 0 Å². The minimum absolute atomic E-state index is 0.00604. The first-order valence-corrected chi connectivity index (χ1v) is 5.15. The molecule has 0 aliphatic heterocycles. The minimum atomic E-state index is 0.00604. The van der Waals surface area contributed by atoms with Gasteiger partial charge in [0.15, 0.2) is 11.7 Å². The molecule has 0 unspecified atom stereocenters. The Morgan fingerprint density at radius 1 is 1.47 bits per heavy atom. The molecule has 0 aromatic carbocycles. The Kier molecular flexibility index (Phi) is 2.42. The zero-order valence-electron chi connectivity index (χ0n) is 8.10. The molecule has 0 radical (unpaired) electrons. The number of rotatable bonds is 2. The van der Waals surface area contributed by atoms with Crippen molar-refractivity contribution in [1.29, 1.82) is 0 Å². The van der Waals surface area contributed by atoms with E-state index in [9.17, 15) is 0 Å². The second-order valence-corrected chi connectivity index (χ2v) is 3.80. The lowest BCUT2D eigenvalue weighted by Crippen LogP contribution is -2.21. The quantitative estimate of drug-likeness (QED) is 0.596. The lowest BCUT2D eigenvalue weighted by molar-refractivity contribution is 0.547. The van der Waals surface area contributed by atoms with Crippen LogP contribution in [0.2, 0.25) is 0 Å². The molecule has 5 nitrogen and oxygen atoms in total. The summed E-state index contributed by atoms with van der Waals surface area (Å²) in [5.74, 6) is 1.58. The van der Waals surface area contributed by atoms with Crippen LogP contribution in [0.3, 0.4) is 0 Å². The predicted octanol–water partition coefficient (Wildman–Crippen LogP) is 1.62. The van der Waals surface area contributed by atoms with Gasteiger partial charge in [-0.05, 0) is 19.1 Å². The van der Waals surface area contributed by atoms with E-state index in [0.717, 1.165) is 17.2 Å². The number of thiazole rings is 1. The van der Waals surface area contributed by atoms with E-state index >= 15 is 0 Å². The third kappa shape index (κ3) is 2.16. The van der Waals surface area contributed by atoms with Crippen LogP contribution in [0.5, 0.6) is 0 Å². The van der Waals surface area contributed by atoms with Gasteiger partial charge in [-0.15, -0.1) is 11.3 Å². The summed E-state index contributed by atoms with van der Waals surface area (Å²) in [5, 5.41) is 2.37. The highest BCUT2D eigenvalue weighted by molar-refractivity contribution is 7.13. The zero-order chi connectivity index (χ0) is 10.8. The molecule has 0 spiro atoms. The van der Waals surface area contributed by atoms with Crippen LogP contribution in [0, 0.1) is 6.92 Å². The van der Waals surface area contributed by atoms with Crippen LogP contribution < -0.4 is 11.5 Å². The van der Waals surface area contributed by atoms with Gasteiger partial charge in [-0.1, -0.05) is 0 Å². The molecule has 4 N–H and O–H groups in total. The van der Waals surface area contributed by atoms with Crippen LogP contribution in [0.4, 0.5) is 5.13 Å². The molecule has 2 aromatic heterocycles. The maximum Gasteiger partial charge on any atom is 0.212 e. The van der Waals surface area contributed by atoms with Crippen molar-refractivity contribution < 1.29 is 4.42 Å². The summed E-state index contributed by atoms with van der Waals surface area (Å²) in [7, 11) is 0. The molecule has 15 heavy (non-hydrogen) atoms. The molecule has 2 aromatic rings. The molecule has 0 saturated carbocycles. The number of furan rings is 1. The van der Waals surface area contributed by atoms with E-state index in [0.29, 0.717) is 5.13 Å². The number of nitrogens with two attached hydrogens (primary N) is 2. The Hall–Kier alpha value is -1.82. The van der Waals surface area contributed by atoms with Gasteiger partial charge in [0.05, 0.1) is 0 Å². The Morgan fingerprint density at radius 3 is 2.87 bits per heavy atom. The lowest BCUT2D eigenvalue weighted by Gasteiger charge is -1.88. The summed E-state index contributed by atoms with van der Waals surface area (Å²) >= 11 is 1.36. The molecule has 6 heteroatoms. The SMILES string of the molecule is Cc1ccc(-c2csc(N=C(N)N)n2)o1. The van der Waals surface area contributed by atoms with Crippen molar-refractivity contribution in [2.45, 2.75) is 6.92 Å². The number of hydrogen-bond acceptors (Lipinski definition) is 4. The fraction of sp³-hybridized carbons (Fsp3) is 0.111. The minimum Gasteiger partial charge on any atom is -0.460 e. The van der Waals surface area contributed by atoms with Crippen LogP contribution >= 0.6 is 11.3 Å². The normalized spacial score (nSPS) is 10.2. The molecule has 78 valence electrons. The van der Waals surface area contributed by atoms with Crippen molar-refractivity contribution >= 4 is 22.4 Å². The maximum atomic E-state index is 5.42. The van der Waals surface area contributed by atoms with Crippen molar-refractivity contribution in [3.05, 3.63) is 23.3 Å². The second-order valence-electron chi connectivity index (χ2n) is 2.96. The first-order chi connectivity index (χ1) is 7.15. The molecular formula is C9H10N4OS. The molecule has 0 amide bonds. The summed E-state index contributed by atoms with van der Waals surface area (Å²) in [4.78, 5) is 8.06. The number of hydrogen-bond donors (Lipinski definition) is 2. The van der Waals surface area contributed by atoms with Gasteiger partial charge in [0, 0.05) is 5.38 Å². The zero-order valence-corrected chi connectivity index (χ0v) is 8.91. The first kappa shape index (κ1) is 9.72. The number of aliphatic imine (C=N–C) groups is 1. The summed E-state index contributed by atoms with van der Waals surface area (Å²) < 4.78 is 5.42. The summed E-state index contributed by atoms with van der Waals surface area (Å²) in [5.41, 5.74) is 11.2.